The number of halogens is 2. The van der Waals surface area contributed by atoms with E-state index in [1.54, 1.807) is 19.1 Å². The molecule has 0 saturated heterocycles. The smallest absolute Gasteiger partial charge is 0.314 e. The quantitative estimate of drug-likeness (QED) is 0.476. The van der Waals surface area contributed by atoms with Crippen LogP contribution in [-0.4, -0.2) is 10.2 Å². The number of thiophene rings is 1. The van der Waals surface area contributed by atoms with Gasteiger partial charge in [0.25, 0.3) is 11.8 Å². The molecule has 0 spiro atoms. The van der Waals surface area contributed by atoms with E-state index in [9.17, 15) is 8.78 Å². The number of hydrogen-bond acceptors (Lipinski definition) is 5. The van der Waals surface area contributed by atoms with E-state index in [1.807, 2.05) is 0 Å². The molecule has 0 aliphatic carbocycles. The van der Waals surface area contributed by atoms with Crippen LogP contribution in [0, 0.1) is 0 Å². The van der Waals surface area contributed by atoms with Crippen molar-refractivity contribution < 1.29 is 13.2 Å². The lowest BCUT2D eigenvalue weighted by molar-refractivity contribution is 0.116. The van der Waals surface area contributed by atoms with Crippen molar-refractivity contribution in [2.24, 2.45) is 5.11 Å². The maximum atomic E-state index is 12.3. The van der Waals surface area contributed by atoms with Crippen LogP contribution in [0.5, 0.6) is 0 Å². The Morgan fingerprint density at radius 3 is 2.83 bits per heavy atom. The summed E-state index contributed by atoms with van der Waals surface area (Å²) in [7, 11) is 0. The Bertz CT molecular complexity index is 589. The molecule has 0 amide bonds. The van der Waals surface area contributed by atoms with E-state index >= 15 is 0 Å². The summed E-state index contributed by atoms with van der Waals surface area (Å²) in [6, 6.07) is 3.06. The molecule has 94 valence electrons. The van der Waals surface area contributed by atoms with Gasteiger partial charge in [-0.25, -0.2) is 0 Å². The maximum absolute atomic E-state index is 12.3. The van der Waals surface area contributed by atoms with E-state index in [-0.39, 0.29) is 11.9 Å². The molecule has 0 fully saturated rings. The minimum absolute atomic E-state index is 0.0367. The van der Waals surface area contributed by atoms with Gasteiger partial charge in [0.1, 0.15) is 0 Å². The largest absolute Gasteiger partial charge is 0.414 e. The molecule has 0 N–H and O–H groups in total. The van der Waals surface area contributed by atoms with Gasteiger partial charge in [0.2, 0.25) is 0 Å². The minimum Gasteiger partial charge on any atom is -0.414 e. The van der Waals surface area contributed by atoms with Gasteiger partial charge in [-0.3, -0.25) is 0 Å². The molecule has 2 aromatic rings. The summed E-state index contributed by atoms with van der Waals surface area (Å²) in [5.74, 6) is -0.669. The number of rotatable bonds is 4. The normalized spacial score (nSPS) is 12.4. The van der Waals surface area contributed by atoms with Crippen LogP contribution < -0.4 is 0 Å². The second-order valence-electron chi connectivity index (χ2n) is 3.33. The molecule has 0 aliphatic rings. The zero-order valence-corrected chi connectivity index (χ0v) is 9.93. The summed E-state index contributed by atoms with van der Waals surface area (Å²) in [4.78, 5) is 4.05. The molecule has 18 heavy (non-hydrogen) atoms. The molecular formula is C9H7F2N5OS. The van der Waals surface area contributed by atoms with Crippen LogP contribution in [0.25, 0.3) is 21.2 Å². The van der Waals surface area contributed by atoms with Crippen LogP contribution in [0.15, 0.2) is 21.7 Å². The molecule has 6 nitrogen and oxygen atoms in total. The molecule has 0 radical (unpaired) electrons. The number of alkyl halides is 2. The Kier molecular flexibility index (Phi) is 3.54. The Balaban J connectivity index is 2.26. The van der Waals surface area contributed by atoms with Gasteiger partial charge >= 0.3 is 6.43 Å². The summed E-state index contributed by atoms with van der Waals surface area (Å²) < 4.78 is 29.4. The average Bonchev–Trinajstić information content (AvgIpc) is 2.98. The molecule has 1 unspecified atom stereocenters. The van der Waals surface area contributed by atoms with Crippen LogP contribution >= 0.6 is 11.3 Å². The third-order valence-corrected chi connectivity index (χ3v) is 3.34. The SMILES string of the molecule is CC(N=[N+]=[N-])c1ccc(-c2nnc(C(F)F)o2)s1. The topological polar surface area (TPSA) is 87.7 Å². The highest BCUT2D eigenvalue weighted by Gasteiger charge is 2.18. The first-order valence-corrected chi connectivity index (χ1v) is 5.69. The van der Waals surface area contributed by atoms with Gasteiger partial charge in [0.15, 0.2) is 0 Å². The first kappa shape index (κ1) is 12.5. The van der Waals surface area contributed by atoms with Crippen LogP contribution in [0.3, 0.4) is 0 Å². The van der Waals surface area contributed by atoms with Crippen molar-refractivity contribution in [1.82, 2.24) is 10.2 Å². The standard InChI is InChI=1S/C9H7F2N5OS/c1-4(13-16-12)5-2-3-6(18-5)8-14-15-9(17-8)7(10)11/h2-4,7H,1H3. The molecule has 0 bridgehead atoms. The summed E-state index contributed by atoms with van der Waals surface area (Å²) in [6.07, 6.45) is -2.78. The van der Waals surface area contributed by atoms with Gasteiger partial charge in [-0.15, -0.1) is 21.5 Å². The average molecular weight is 271 g/mol. The second kappa shape index (κ2) is 5.11. The van der Waals surface area contributed by atoms with Crippen molar-refractivity contribution in [1.29, 1.82) is 0 Å². The molecule has 0 saturated carbocycles. The maximum Gasteiger partial charge on any atom is 0.314 e. The Morgan fingerprint density at radius 2 is 2.22 bits per heavy atom. The molecule has 0 aromatic carbocycles. The van der Waals surface area contributed by atoms with Gasteiger partial charge in [-0.2, -0.15) is 8.78 Å². The summed E-state index contributed by atoms with van der Waals surface area (Å²) >= 11 is 1.25. The summed E-state index contributed by atoms with van der Waals surface area (Å²) in [5.41, 5.74) is 8.32. The van der Waals surface area contributed by atoms with E-state index in [1.165, 1.54) is 11.3 Å². The third kappa shape index (κ3) is 2.47. The number of azide groups is 1. The van der Waals surface area contributed by atoms with Crippen molar-refractivity contribution in [2.75, 3.05) is 0 Å². The molecule has 1 atom stereocenters. The highest BCUT2D eigenvalue weighted by Crippen LogP contribution is 2.33. The fourth-order valence-corrected chi connectivity index (χ4v) is 2.16. The van der Waals surface area contributed by atoms with E-state index < -0.39 is 12.3 Å². The van der Waals surface area contributed by atoms with Crippen molar-refractivity contribution in [2.45, 2.75) is 19.4 Å². The summed E-state index contributed by atoms with van der Waals surface area (Å²) in [5, 5.41) is 10.3. The number of nitrogens with zero attached hydrogens (tertiary/aromatic N) is 5. The lowest BCUT2D eigenvalue weighted by atomic mass is 10.3. The molecular weight excluding hydrogens is 264 g/mol. The zero-order valence-electron chi connectivity index (χ0n) is 9.12. The Labute approximate surface area is 104 Å². The van der Waals surface area contributed by atoms with Crippen molar-refractivity contribution in [3.8, 4) is 10.8 Å². The van der Waals surface area contributed by atoms with Gasteiger partial charge in [-0.05, 0) is 17.7 Å². The fourth-order valence-electron chi connectivity index (χ4n) is 1.25. The second-order valence-corrected chi connectivity index (χ2v) is 4.44. The molecule has 2 aromatic heterocycles. The van der Waals surface area contributed by atoms with Crippen molar-refractivity contribution >= 4 is 11.3 Å². The zero-order chi connectivity index (χ0) is 13.1. The molecule has 2 heterocycles. The van der Waals surface area contributed by atoms with Gasteiger partial charge in [0.05, 0.1) is 10.9 Å². The predicted octanol–water partition coefficient (Wildman–Crippen LogP) is 4.11. The van der Waals surface area contributed by atoms with Crippen LogP contribution in [0.4, 0.5) is 8.78 Å². The van der Waals surface area contributed by atoms with E-state index in [4.69, 9.17) is 9.95 Å². The molecule has 9 heteroatoms. The van der Waals surface area contributed by atoms with Gasteiger partial charge in [-0.1, -0.05) is 12.0 Å². The highest BCUT2D eigenvalue weighted by molar-refractivity contribution is 7.15. The Morgan fingerprint density at radius 1 is 1.44 bits per heavy atom. The number of hydrogen-bond donors (Lipinski definition) is 0. The molecule has 2 rings (SSSR count). The summed E-state index contributed by atoms with van der Waals surface area (Å²) in [6.45, 7) is 1.73. The monoisotopic (exact) mass is 271 g/mol. The lowest BCUT2D eigenvalue weighted by Gasteiger charge is -1.97. The fraction of sp³-hybridized carbons (Fsp3) is 0.333. The first-order chi connectivity index (χ1) is 8.61. The van der Waals surface area contributed by atoms with E-state index in [2.05, 4.69) is 20.2 Å². The molecule has 0 aliphatic heterocycles. The van der Waals surface area contributed by atoms with E-state index in [0.29, 0.717) is 4.88 Å². The van der Waals surface area contributed by atoms with Crippen LogP contribution in [0.2, 0.25) is 0 Å². The van der Waals surface area contributed by atoms with Crippen molar-refractivity contribution in [3.63, 3.8) is 0 Å². The third-order valence-electron chi connectivity index (χ3n) is 2.10. The highest BCUT2D eigenvalue weighted by atomic mass is 32.1. The van der Waals surface area contributed by atoms with Crippen LogP contribution in [-0.2, 0) is 0 Å². The minimum atomic E-state index is -2.78. The lowest BCUT2D eigenvalue weighted by Crippen LogP contribution is -1.81. The van der Waals surface area contributed by atoms with Gasteiger partial charge < -0.3 is 4.42 Å². The van der Waals surface area contributed by atoms with E-state index in [0.717, 1.165) is 4.88 Å². The first-order valence-electron chi connectivity index (χ1n) is 4.87. The van der Waals surface area contributed by atoms with Crippen molar-refractivity contribution in [3.05, 3.63) is 33.3 Å². The Hall–Kier alpha value is -1.99. The number of aromatic nitrogens is 2. The van der Waals surface area contributed by atoms with Crippen LogP contribution in [0.1, 0.15) is 30.2 Å². The van der Waals surface area contributed by atoms with Gasteiger partial charge in [0, 0.05) is 9.79 Å². The predicted molar refractivity (Wildman–Crippen MR) is 60.1 cm³/mol.